The van der Waals surface area contributed by atoms with Crippen LogP contribution in [0, 0.1) is 23.8 Å². The molecule has 0 saturated heterocycles. The van der Waals surface area contributed by atoms with Crippen molar-refractivity contribution in [3.63, 3.8) is 0 Å². The van der Waals surface area contributed by atoms with Crippen LogP contribution in [0.2, 0.25) is 0 Å². The Balaban J connectivity index is 0.000000310. The van der Waals surface area contributed by atoms with E-state index in [2.05, 4.69) is 82.3 Å². The molecule has 43 heavy (non-hydrogen) atoms. The SMILES string of the molecule is CC(C)(C)C(=O)/C=C(\O)C(C)(C)C.Cc1ccc2c(n1)CCc1cnc(-c3[c-]c4ccccc4c(C(C)(C)C)c3)cc1-2.[Ir]. The van der Waals surface area contributed by atoms with Crippen LogP contribution in [-0.4, -0.2) is 20.9 Å². The van der Waals surface area contributed by atoms with Crippen molar-refractivity contribution in [1.29, 1.82) is 0 Å². The molecule has 0 unspecified atom stereocenters. The third-order valence-electron chi connectivity index (χ3n) is 7.66. The van der Waals surface area contributed by atoms with Gasteiger partial charge in [0, 0.05) is 65.9 Å². The Morgan fingerprint density at radius 2 is 1.56 bits per heavy atom. The quantitative estimate of drug-likeness (QED) is 0.126. The van der Waals surface area contributed by atoms with Crippen molar-refractivity contribution < 1.29 is 30.0 Å². The first-order valence-corrected chi connectivity index (χ1v) is 14.8. The van der Waals surface area contributed by atoms with Crippen LogP contribution in [-0.2, 0) is 43.2 Å². The summed E-state index contributed by atoms with van der Waals surface area (Å²) in [5, 5.41) is 12.0. The van der Waals surface area contributed by atoms with Gasteiger partial charge in [0.1, 0.15) is 5.76 Å². The summed E-state index contributed by atoms with van der Waals surface area (Å²) in [4.78, 5) is 21.1. The minimum Gasteiger partial charge on any atom is -0.512 e. The van der Waals surface area contributed by atoms with Crippen LogP contribution in [0.15, 0.2) is 66.6 Å². The topological polar surface area (TPSA) is 63.1 Å². The maximum absolute atomic E-state index is 11.5. The fourth-order valence-electron chi connectivity index (χ4n) is 4.93. The van der Waals surface area contributed by atoms with E-state index in [1.54, 1.807) is 0 Å². The first kappa shape index (κ1) is 34.4. The van der Waals surface area contributed by atoms with E-state index in [1.165, 1.54) is 39.4 Å². The van der Waals surface area contributed by atoms with Crippen molar-refractivity contribution in [2.24, 2.45) is 10.8 Å². The number of nitrogens with zero attached hydrogens (tertiary/aromatic N) is 2. The summed E-state index contributed by atoms with van der Waals surface area (Å²) in [6.07, 6.45) is 5.37. The van der Waals surface area contributed by atoms with Crippen molar-refractivity contribution >= 4 is 16.6 Å². The average Bonchev–Trinajstić information content (AvgIpc) is 2.90. The first-order chi connectivity index (χ1) is 19.4. The Bertz CT molecular complexity index is 1660. The molecule has 1 N–H and O–H groups in total. The largest absolute Gasteiger partial charge is 0.512 e. The van der Waals surface area contributed by atoms with Gasteiger partial charge >= 0.3 is 0 Å². The number of aliphatic hydroxyl groups excluding tert-OH is 1. The minimum atomic E-state index is -0.417. The Morgan fingerprint density at radius 3 is 2.19 bits per heavy atom. The summed E-state index contributed by atoms with van der Waals surface area (Å²) in [5.41, 5.74) is 8.76. The second-order valence-corrected chi connectivity index (χ2v) is 14.5. The number of allylic oxidation sites excluding steroid dienone is 2. The Morgan fingerprint density at radius 1 is 0.884 bits per heavy atom. The zero-order valence-corrected chi connectivity index (χ0v) is 29.7. The fraction of sp³-hybridized carbons (Fsp3) is 0.395. The third kappa shape index (κ3) is 8.07. The maximum Gasteiger partial charge on any atom is 0.164 e. The van der Waals surface area contributed by atoms with Gasteiger partial charge in [0.25, 0.3) is 0 Å². The Labute approximate surface area is 271 Å². The first-order valence-electron chi connectivity index (χ1n) is 14.8. The van der Waals surface area contributed by atoms with Gasteiger partial charge in [0.15, 0.2) is 5.78 Å². The van der Waals surface area contributed by atoms with Crippen LogP contribution in [0.4, 0.5) is 0 Å². The molecular formula is C38H45IrN2O2-. The van der Waals surface area contributed by atoms with Gasteiger partial charge in [0.05, 0.1) is 0 Å². The summed E-state index contributed by atoms with van der Waals surface area (Å²) in [6.45, 7) is 20.0. The molecule has 0 amide bonds. The molecule has 5 heteroatoms. The van der Waals surface area contributed by atoms with Crippen molar-refractivity contribution in [3.8, 4) is 22.4 Å². The van der Waals surface area contributed by atoms with E-state index in [-0.39, 0.29) is 42.5 Å². The summed E-state index contributed by atoms with van der Waals surface area (Å²) in [7, 11) is 0. The molecule has 0 aliphatic heterocycles. The summed E-state index contributed by atoms with van der Waals surface area (Å²) >= 11 is 0. The summed E-state index contributed by atoms with van der Waals surface area (Å²) in [6, 6.07) is 21.0. The van der Waals surface area contributed by atoms with E-state index < -0.39 is 5.41 Å². The fourth-order valence-corrected chi connectivity index (χ4v) is 4.93. The van der Waals surface area contributed by atoms with Crippen LogP contribution < -0.4 is 0 Å². The molecule has 0 fully saturated rings. The van der Waals surface area contributed by atoms with Gasteiger partial charge in [-0.3, -0.25) is 14.8 Å². The molecule has 0 spiro atoms. The van der Waals surface area contributed by atoms with Gasteiger partial charge < -0.3 is 5.11 Å². The number of aliphatic hydroxyl groups is 1. The second-order valence-electron chi connectivity index (χ2n) is 14.5. The van der Waals surface area contributed by atoms with Gasteiger partial charge in [-0.1, -0.05) is 104 Å². The number of carbonyl (C=O) groups excluding carboxylic acids is 1. The summed E-state index contributed by atoms with van der Waals surface area (Å²) < 4.78 is 0. The molecule has 1 radical (unpaired) electrons. The number of aromatic nitrogens is 2. The molecule has 4 aromatic rings. The van der Waals surface area contributed by atoms with Gasteiger partial charge in [-0.15, -0.1) is 29.1 Å². The predicted molar refractivity (Wildman–Crippen MR) is 175 cm³/mol. The monoisotopic (exact) mass is 754 g/mol. The van der Waals surface area contributed by atoms with Gasteiger partial charge in [-0.05, 0) is 42.4 Å². The number of carbonyl (C=O) groups is 1. The number of rotatable bonds is 2. The van der Waals surface area contributed by atoms with Crippen molar-refractivity contribution in [1.82, 2.24) is 9.97 Å². The molecule has 229 valence electrons. The number of pyridine rings is 2. The van der Waals surface area contributed by atoms with E-state index in [4.69, 9.17) is 9.97 Å². The zero-order valence-electron chi connectivity index (χ0n) is 27.3. The van der Waals surface area contributed by atoms with Crippen LogP contribution in [0.25, 0.3) is 33.2 Å². The predicted octanol–water partition coefficient (Wildman–Crippen LogP) is 9.56. The molecule has 0 bridgehead atoms. The molecule has 0 atom stereocenters. The van der Waals surface area contributed by atoms with Crippen LogP contribution in [0.3, 0.4) is 0 Å². The van der Waals surface area contributed by atoms with Crippen molar-refractivity contribution in [2.75, 3.05) is 0 Å². The van der Waals surface area contributed by atoms with E-state index in [0.29, 0.717) is 0 Å². The third-order valence-corrected chi connectivity index (χ3v) is 7.66. The molecule has 2 aromatic carbocycles. The van der Waals surface area contributed by atoms with E-state index in [9.17, 15) is 9.90 Å². The minimum absolute atomic E-state index is 0. The number of hydrogen-bond donors (Lipinski definition) is 1. The molecule has 1 aliphatic rings. The van der Waals surface area contributed by atoms with Crippen LogP contribution in [0.5, 0.6) is 0 Å². The number of hydrogen-bond acceptors (Lipinski definition) is 4. The van der Waals surface area contributed by atoms with Gasteiger partial charge in [0.2, 0.25) is 0 Å². The van der Waals surface area contributed by atoms with Crippen molar-refractivity contribution in [2.45, 2.75) is 87.5 Å². The smallest absolute Gasteiger partial charge is 0.164 e. The molecule has 2 aromatic heterocycles. The number of benzene rings is 2. The molecule has 2 heterocycles. The van der Waals surface area contributed by atoms with E-state index >= 15 is 0 Å². The van der Waals surface area contributed by atoms with Crippen LogP contribution >= 0.6 is 0 Å². The molecule has 5 rings (SSSR count). The van der Waals surface area contributed by atoms with Crippen molar-refractivity contribution in [3.05, 3.63) is 95.1 Å². The summed E-state index contributed by atoms with van der Waals surface area (Å²) in [5.74, 6) is 0.104. The molecule has 1 aliphatic carbocycles. The van der Waals surface area contributed by atoms with E-state index in [1.807, 2.05) is 47.7 Å². The van der Waals surface area contributed by atoms with E-state index in [0.717, 1.165) is 35.2 Å². The van der Waals surface area contributed by atoms with Crippen LogP contribution in [0.1, 0.15) is 84.8 Å². The van der Waals surface area contributed by atoms with Gasteiger partial charge in [-0.2, -0.15) is 0 Å². The maximum atomic E-state index is 11.5. The number of fused-ring (bicyclic) bond motifs is 4. The average molecular weight is 754 g/mol. The molecule has 4 nitrogen and oxygen atoms in total. The molecular weight excluding hydrogens is 709 g/mol. The Hall–Kier alpha value is -3.14. The number of aryl methyl sites for hydroxylation is 3. The Kier molecular flexibility index (Phi) is 10.3. The standard InChI is InChI=1S/C27H25N2.C11H20O2.Ir/c1-17-9-11-22-23-15-26(28-16-19(23)10-12-25(22)29-17)20-13-18-7-5-6-8-21(18)24(14-20)27(2,3)4;1-10(2,3)8(12)7-9(13)11(4,5)6;/h5-9,11,14-16H,10,12H2,1-4H3;7,12H,1-6H3;/q-1;;/b;8-7-;. The molecule has 0 saturated carbocycles. The van der Waals surface area contributed by atoms with Gasteiger partial charge in [-0.25, -0.2) is 0 Å². The zero-order chi connectivity index (χ0) is 31.0. The normalized spacial score (nSPS) is 13.3. The second kappa shape index (κ2) is 12.8. The number of ketones is 1.